The fourth-order valence-electron chi connectivity index (χ4n) is 3.92. The first-order valence-electron chi connectivity index (χ1n) is 11.0. The molecular formula is C26H28FN3O3. The molecule has 3 aromatic rings. The van der Waals surface area contributed by atoms with Gasteiger partial charge in [0.05, 0.1) is 38.2 Å². The summed E-state index contributed by atoms with van der Waals surface area (Å²) >= 11 is 0. The fourth-order valence-corrected chi connectivity index (χ4v) is 3.92. The van der Waals surface area contributed by atoms with Gasteiger partial charge in [0, 0.05) is 18.7 Å². The number of methoxy groups -OCH3 is 1. The van der Waals surface area contributed by atoms with Gasteiger partial charge < -0.3 is 14.4 Å². The van der Waals surface area contributed by atoms with E-state index in [1.165, 1.54) is 12.1 Å². The topological polar surface area (TPSA) is 54.9 Å². The molecule has 0 N–H and O–H groups in total. The smallest absolute Gasteiger partial charge is 0.236 e. The second-order valence-electron chi connectivity index (χ2n) is 8.18. The summed E-state index contributed by atoms with van der Waals surface area (Å²) in [6.45, 7) is 2.42. The van der Waals surface area contributed by atoms with Crippen LogP contribution >= 0.6 is 0 Å². The summed E-state index contributed by atoms with van der Waals surface area (Å²) in [4.78, 5) is 21.5. The van der Waals surface area contributed by atoms with Crippen LogP contribution in [0, 0.1) is 5.82 Å². The van der Waals surface area contributed by atoms with Gasteiger partial charge in [-0.25, -0.2) is 9.37 Å². The van der Waals surface area contributed by atoms with Crippen LogP contribution < -0.4 is 4.74 Å². The third kappa shape index (κ3) is 5.94. The summed E-state index contributed by atoms with van der Waals surface area (Å²) in [5.41, 5.74) is 3.24. The van der Waals surface area contributed by atoms with E-state index in [1.807, 2.05) is 65.4 Å². The Hall–Kier alpha value is -3.29. The molecule has 0 unspecified atom stereocenters. The van der Waals surface area contributed by atoms with Crippen LogP contribution in [0.25, 0.3) is 11.3 Å². The lowest BCUT2D eigenvalue weighted by Gasteiger charge is -2.33. The first-order chi connectivity index (χ1) is 16.0. The SMILES string of the molecule is COc1ccc(CN(C)CC(=O)N2CCO[C@@H](c3cccc(-c4cccc(F)c4)n3)C2)cc1. The van der Waals surface area contributed by atoms with Crippen molar-refractivity contribution in [3.63, 3.8) is 0 Å². The molecule has 7 heteroatoms. The Balaban J connectivity index is 1.37. The molecule has 0 saturated carbocycles. The molecule has 1 fully saturated rings. The highest BCUT2D eigenvalue weighted by Crippen LogP contribution is 2.25. The zero-order valence-electron chi connectivity index (χ0n) is 18.9. The first kappa shape index (κ1) is 22.9. The van der Waals surface area contributed by atoms with E-state index < -0.39 is 0 Å². The molecule has 0 aliphatic carbocycles. The Labute approximate surface area is 193 Å². The predicted octanol–water partition coefficient (Wildman–Crippen LogP) is 3.93. The van der Waals surface area contributed by atoms with Gasteiger partial charge in [-0.2, -0.15) is 0 Å². The van der Waals surface area contributed by atoms with E-state index in [1.54, 1.807) is 13.2 Å². The van der Waals surface area contributed by atoms with Crippen molar-refractivity contribution >= 4 is 5.91 Å². The highest BCUT2D eigenvalue weighted by Gasteiger charge is 2.27. The number of likely N-dealkylation sites (N-methyl/N-ethyl adjacent to an activating group) is 1. The van der Waals surface area contributed by atoms with E-state index in [4.69, 9.17) is 9.47 Å². The second kappa shape index (κ2) is 10.6. The lowest BCUT2D eigenvalue weighted by atomic mass is 10.1. The van der Waals surface area contributed by atoms with E-state index in [9.17, 15) is 9.18 Å². The number of hydrogen-bond acceptors (Lipinski definition) is 5. The maximum Gasteiger partial charge on any atom is 0.236 e. The molecule has 6 nitrogen and oxygen atoms in total. The first-order valence-corrected chi connectivity index (χ1v) is 11.0. The van der Waals surface area contributed by atoms with E-state index in [-0.39, 0.29) is 17.8 Å². The average Bonchev–Trinajstić information content (AvgIpc) is 2.84. The number of halogens is 1. The normalized spacial score (nSPS) is 16.1. The van der Waals surface area contributed by atoms with Crippen molar-refractivity contribution in [2.24, 2.45) is 0 Å². The van der Waals surface area contributed by atoms with Crippen molar-refractivity contribution in [2.75, 3.05) is 40.4 Å². The highest BCUT2D eigenvalue weighted by molar-refractivity contribution is 5.78. The van der Waals surface area contributed by atoms with Crippen LogP contribution in [0.3, 0.4) is 0 Å². The molecule has 1 amide bonds. The monoisotopic (exact) mass is 449 g/mol. The van der Waals surface area contributed by atoms with Gasteiger partial charge in [-0.15, -0.1) is 0 Å². The summed E-state index contributed by atoms with van der Waals surface area (Å²) in [7, 11) is 3.58. The number of nitrogens with zero attached hydrogens (tertiary/aromatic N) is 3. The van der Waals surface area contributed by atoms with Gasteiger partial charge in [0.2, 0.25) is 5.91 Å². The third-order valence-corrected chi connectivity index (χ3v) is 5.66. The van der Waals surface area contributed by atoms with Gasteiger partial charge >= 0.3 is 0 Å². The second-order valence-corrected chi connectivity index (χ2v) is 8.18. The highest BCUT2D eigenvalue weighted by atomic mass is 19.1. The zero-order valence-corrected chi connectivity index (χ0v) is 18.9. The van der Waals surface area contributed by atoms with Crippen LogP contribution in [0.2, 0.25) is 0 Å². The van der Waals surface area contributed by atoms with Gasteiger partial charge in [0.1, 0.15) is 17.7 Å². The molecule has 1 aliphatic rings. The number of hydrogen-bond donors (Lipinski definition) is 0. The quantitative estimate of drug-likeness (QED) is 0.547. The molecule has 1 aliphatic heterocycles. The summed E-state index contributed by atoms with van der Waals surface area (Å²) in [5.74, 6) is 0.566. The maximum absolute atomic E-state index is 13.6. The molecule has 1 saturated heterocycles. The summed E-state index contributed by atoms with van der Waals surface area (Å²) < 4.78 is 24.7. The lowest BCUT2D eigenvalue weighted by molar-refractivity contribution is -0.140. The Kier molecular flexibility index (Phi) is 7.32. The third-order valence-electron chi connectivity index (χ3n) is 5.66. The number of carbonyl (C=O) groups excluding carboxylic acids is 1. The standard InChI is InChI=1S/C26H28FN3O3/c1-29(16-19-9-11-22(32-2)12-10-19)18-26(31)30-13-14-33-25(17-30)24-8-4-7-23(28-24)20-5-3-6-21(27)15-20/h3-12,15,25H,13-14,16-18H2,1-2H3/t25-/m1/s1. The summed E-state index contributed by atoms with van der Waals surface area (Å²) in [5, 5.41) is 0. The van der Waals surface area contributed by atoms with Crippen molar-refractivity contribution in [2.45, 2.75) is 12.6 Å². The summed E-state index contributed by atoms with van der Waals surface area (Å²) in [6.07, 6.45) is -0.317. The van der Waals surface area contributed by atoms with Gasteiger partial charge in [0.15, 0.2) is 0 Å². The van der Waals surface area contributed by atoms with Crippen molar-refractivity contribution in [3.8, 4) is 17.0 Å². The molecule has 0 bridgehead atoms. The van der Waals surface area contributed by atoms with Crippen LogP contribution in [-0.2, 0) is 16.1 Å². The number of benzene rings is 2. The maximum atomic E-state index is 13.6. The Morgan fingerprint density at radius 2 is 1.97 bits per heavy atom. The van der Waals surface area contributed by atoms with Crippen molar-refractivity contribution in [3.05, 3.63) is 83.8 Å². The number of carbonyl (C=O) groups is 1. The molecule has 4 rings (SSSR count). The molecule has 2 heterocycles. The van der Waals surface area contributed by atoms with E-state index in [0.29, 0.717) is 44.0 Å². The largest absolute Gasteiger partial charge is 0.497 e. The minimum atomic E-state index is -0.317. The Morgan fingerprint density at radius 3 is 2.73 bits per heavy atom. The van der Waals surface area contributed by atoms with Crippen LogP contribution in [0.15, 0.2) is 66.7 Å². The Morgan fingerprint density at radius 1 is 1.18 bits per heavy atom. The van der Waals surface area contributed by atoms with Crippen molar-refractivity contribution in [1.29, 1.82) is 0 Å². The van der Waals surface area contributed by atoms with Gasteiger partial charge in [0.25, 0.3) is 0 Å². The zero-order chi connectivity index (χ0) is 23.2. The van der Waals surface area contributed by atoms with Gasteiger partial charge in [-0.3, -0.25) is 9.69 Å². The van der Waals surface area contributed by atoms with Crippen molar-refractivity contribution in [1.82, 2.24) is 14.8 Å². The summed E-state index contributed by atoms with van der Waals surface area (Å²) in [6, 6.07) is 19.8. The molecule has 1 atom stereocenters. The molecule has 33 heavy (non-hydrogen) atoms. The van der Waals surface area contributed by atoms with Crippen LogP contribution in [0.5, 0.6) is 5.75 Å². The number of pyridine rings is 1. The Bertz CT molecular complexity index is 1090. The van der Waals surface area contributed by atoms with Crippen LogP contribution in [0.4, 0.5) is 4.39 Å². The molecule has 0 radical (unpaired) electrons. The van der Waals surface area contributed by atoms with Crippen molar-refractivity contribution < 1.29 is 18.7 Å². The van der Waals surface area contributed by atoms with E-state index >= 15 is 0 Å². The minimum absolute atomic E-state index is 0.0561. The van der Waals surface area contributed by atoms with E-state index in [0.717, 1.165) is 17.0 Å². The molecule has 1 aromatic heterocycles. The van der Waals surface area contributed by atoms with Gasteiger partial charge in [-0.05, 0) is 49.0 Å². The van der Waals surface area contributed by atoms with Crippen LogP contribution in [-0.4, -0.2) is 61.1 Å². The molecular weight excluding hydrogens is 421 g/mol. The molecule has 172 valence electrons. The minimum Gasteiger partial charge on any atom is -0.497 e. The fraction of sp³-hybridized carbons (Fsp3) is 0.308. The number of rotatable bonds is 7. The number of amides is 1. The average molecular weight is 450 g/mol. The van der Waals surface area contributed by atoms with Crippen LogP contribution in [0.1, 0.15) is 17.4 Å². The molecule has 0 spiro atoms. The number of aromatic nitrogens is 1. The number of morpholine rings is 1. The lowest BCUT2D eigenvalue weighted by Crippen LogP contribution is -2.46. The molecule has 2 aromatic carbocycles. The number of ether oxygens (including phenoxy) is 2. The van der Waals surface area contributed by atoms with E-state index in [2.05, 4.69) is 4.98 Å². The predicted molar refractivity (Wildman–Crippen MR) is 124 cm³/mol. The van der Waals surface area contributed by atoms with Gasteiger partial charge in [-0.1, -0.05) is 30.3 Å².